The van der Waals surface area contributed by atoms with E-state index in [1.54, 1.807) is 18.2 Å². The summed E-state index contributed by atoms with van der Waals surface area (Å²) in [5.41, 5.74) is 1.81. The van der Waals surface area contributed by atoms with Gasteiger partial charge in [0, 0.05) is 10.0 Å². The van der Waals surface area contributed by atoms with Gasteiger partial charge in [-0.2, -0.15) is 0 Å². The summed E-state index contributed by atoms with van der Waals surface area (Å²) in [7, 11) is 0. The molecule has 0 heterocycles. The summed E-state index contributed by atoms with van der Waals surface area (Å²) in [5, 5.41) is 10.6. The zero-order valence-corrected chi connectivity index (χ0v) is 12.2. The number of carboxylic acids is 1. The molecule has 0 aliphatic carbocycles. The molecular weight excluding hydrogens is 295 g/mol. The fourth-order valence-corrected chi connectivity index (χ4v) is 2.42. The summed E-state index contributed by atoms with van der Waals surface area (Å²) < 4.78 is 0. The smallest absolute Gasteiger partial charge is 0.307 e. The van der Waals surface area contributed by atoms with Crippen LogP contribution in [0.15, 0.2) is 48.5 Å². The van der Waals surface area contributed by atoms with Gasteiger partial charge >= 0.3 is 5.97 Å². The predicted molar refractivity (Wildman–Crippen MR) is 81.4 cm³/mol. The van der Waals surface area contributed by atoms with E-state index in [9.17, 15) is 9.90 Å². The fourth-order valence-electron chi connectivity index (χ4n) is 2.08. The summed E-state index contributed by atoms with van der Waals surface area (Å²) in [6.45, 7) is 0. The molecule has 0 saturated heterocycles. The van der Waals surface area contributed by atoms with Gasteiger partial charge in [-0.15, -0.1) is 0 Å². The van der Waals surface area contributed by atoms with Crippen molar-refractivity contribution >= 4 is 29.2 Å². The molecular formula is C16H14Cl2O2. The van der Waals surface area contributed by atoms with Gasteiger partial charge in [-0.1, -0.05) is 53.5 Å². The molecule has 1 atom stereocenters. The number of hydrogen-bond donors (Lipinski definition) is 1. The van der Waals surface area contributed by atoms with Crippen molar-refractivity contribution in [1.29, 1.82) is 0 Å². The Morgan fingerprint density at radius 2 is 1.65 bits per heavy atom. The molecule has 0 fully saturated rings. The molecule has 0 amide bonds. The average Bonchev–Trinajstić information content (AvgIpc) is 2.42. The average molecular weight is 309 g/mol. The lowest BCUT2D eigenvalue weighted by molar-refractivity contribution is -0.141. The van der Waals surface area contributed by atoms with E-state index in [-0.39, 0.29) is 0 Å². The van der Waals surface area contributed by atoms with Gasteiger partial charge < -0.3 is 5.11 Å². The van der Waals surface area contributed by atoms with Crippen molar-refractivity contribution in [2.45, 2.75) is 12.8 Å². The van der Waals surface area contributed by atoms with Gasteiger partial charge in [-0.25, -0.2) is 0 Å². The first-order valence-electron chi connectivity index (χ1n) is 6.27. The number of aliphatic carboxylic acids is 1. The second-order valence-corrected chi connectivity index (χ2v) is 5.50. The Kier molecular flexibility index (Phi) is 5.05. The lowest BCUT2D eigenvalue weighted by atomic mass is 9.92. The van der Waals surface area contributed by atoms with Gasteiger partial charge in [0.1, 0.15) is 0 Å². The van der Waals surface area contributed by atoms with Crippen molar-refractivity contribution in [3.63, 3.8) is 0 Å². The van der Waals surface area contributed by atoms with E-state index in [4.69, 9.17) is 23.2 Å². The van der Waals surface area contributed by atoms with Crippen molar-refractivity contribution in [2.24, 2.45) is 5.92 Å². The van der Waals surface area contributed by atoms with Crippen LogP contribution in [0.4, 0.5) is 0 Å². The molecule has 0 saturated carbocycles. The van der Waals surface area contributed by atoms with Gasteiger partial charge in [0.05, 0.1) is 5.92 Å². The van der Waals surface area contributed by atoms with Crippen molar-refractivity contribution in [3.8, 4) is 0 Å². The highest BCUT2D eigenvalue weighted by Crippen LogP contribution is 2.22. The molecule has 2 aromatic carbocycles. The SMILES string of the molecule is O=C(O)C(Cc1ccc(Cl)cc1)Cc1ccccc1Cl. The van der Waals surface area contributed by atoms with E-state index in [0.29, 0.717) is 22.9 Å². The predicted octanol–water partition coefficient (Wildman–Crippen LogP) is 4.48. The summed E-state index contributed by atoms with van der Waals surface area (Å²) in [6, 6.07) is 14.6. The molecule has 104 valence electrons. The minimum atomic E-state index is -0.820. The topological polar surface area (TPSA) is 37.3 Å². The zero-order valence-electron chi connectivity index (χ0n) is 10.7. The van der Waals surface area contributed by atoms with Gasteiger partial charge in [0.15, 0.2) is 0 Å². The number of rotatable bonds is 5. The number of benzene rings is 2. The number of carboxylic acid groups (broad SMARTS) is 1. The molecule has 1 unspecified atom stereocenters. The second-order valence-electron chi connectivity index (χ2n) is 4.66. The maximum absolute atomic E-state index is 11.4. The van der Waals surface area contributed by atoms with E-state index in [0.717, 1.165) is 11.1 Å². The number of carbonyl (C=O) groups is 1. The van der Waals surface area contributed by atoms with E-state index in [1.807, 2.05) is 30.3 Å². The summed E-state index contributed by atoms with van der Waals surface area (Å²) in [4.78, 5) is 11.4. The van der Waals surface area contributed by atoms with Crippen molar-refractivity contribution in [1.82, 2.24) is 0 Å². The number of hydrogen-bond acceptors (Lipinski definition) is 1. The maximum Gasteiger partial charge on any atom is 0.307 e. The van der Waals surface area contributed by atoms with Crippen LogP contribution >= 0.6 is 23.2 Å². The van der Waals surface area contributed by atoms with Crippen molar-refractivity contribution in [3.05, 3.63) is 69.7 Å². The van der Waals surface area contributed by atoms with Crippen molar-refractivity contribution < 1.29 is 9.90 Å². The maximum atomic E-state index is 11.4. The third-order valence-electron chi connectivity index (χ3n) is 3.17. The molecule has 1 N–H and O–H groups in total. The van der Waals surface area contributed by atoms with Gasteiger partial charge in [0.2, 0.25) is 0 Å². The van der Waals surface area contributed by atoms with E-state index >= 15 is 0 Å². The Labute approximate surface area is 128 Å². The molecule has 2 rings (SSSR count). The molecule has 0 aliphatic heterocycles. The Bertz CT molecular complexity index is 594. The summed E-state index contributed by atoms with van der Waals surface area (Å²) in [5.74, 6) is -1.32. The third kappa shape index (κ3) is 3.99. The molecule has 20 heavy (non-hydrogen) atoms. The van der Waals surface area contributed by atoms with E-state index in [2.05, 4.69) is 0 Å². The van der Waals surface area contributed by atoms with Crippen LogP contribution in [0.2, 0.25) is 10.0 Å². The van der Waals surface area contributed by atoms with Crippen LogP contribution in [0.3, 0.4) is 0 Å². The van der Waals surface area contributed by atoms with Gasteiger partial charge in [0.25, 0.3) is 0 Å². The normalized spacial score (nSPS) is 12.1. The van der Waals surface area contributed by atoms with Crippen molar-refractivity contribution in [2.75, 3.05) is 0 Å². The van der Waals surface area contributed by atoms with Crippen LogP contribution < -0.4 is 0 Å². The van der Waals surface area contributed by atoms with Crippen LogP contribution in [0, 0.1) is 5.92 Å². The lowest BCUT2D eigenvalue weighted by Gasteiger charge is -2.13. The minimum absolute atomic E-state index is 0.414. The fraction of sp³-hybridized carbons (Fsp3) is 0.188. The standard InChI is InChI=1S/C16H14Cl2O2/c17-14-7-5-11(6-8-14)9-13(16(19)20)10-12-3-1-2-4-15(12)18/h1-8,13H,9-10H2,(H,19,20). The molecule has 0 spiro atoms. The Balaban J connectivity index is 2.14. The van der Waals surface area contributed by atoms with Crippen LogP contribution in [-0.2, 0) is 17.6 Å². The van der Waals surface area contributed by atoms with Crippen LogP contribution in [0.5, 0.6) is 0 Å². The zero-order chi connectivity index (χ0) is 14.5. The Morgan fingerprint density at radius 3 is 2.25 bits per heavy atom. The number of halogens is 2. The van der Waals surface area contributed by atoms with E-state index in [1.165, 1.54) is 0 Å². The first-order chi connectivity index (χ1) is 9.56. The van der Waals surface area contributed by atoms with Gasteiger partial charge in [-0.05, 0) is 42.2 Å². The van der Waals surface area contributed by atoms with Crippen LogP contribution in [0.1, 0.15) is 11.1 Å². The molecule has 2 nitrogen and oxygen atoms in total. The quantitative estimate of drug-likeness (QED) is 0.884. The highest BCUT2D eigenvalue weighted by atomic mass is 35.5. The van der Waals surface area contributed by atoms with Crippen LogP contribution in [0.25, 0.3) is 0 Å². The lowest BCUT2D eigenvalue weighted by Crippen LogP contribution is -2.19. The first kappa shape index (κ1) is 14.9. The van der Waals surface area contributed by atoms with Crippen LogP contribution in [-0.4, -0.2) is 11.1 Å². The first-order valence-corrected chi connectivity index (χ1v) is 7.02. The largest absolute Gasteiger partial charge is 0.481 e. The molecule has 0 radical (unpaired) electrons. The summed E-state index contributed by atoms with van der Waals surface area (Å²) >= 11 is 11.9. The van der Waals surface area contributed by atoms with Gasteiger partial charge in [-0.3, -0.25) is 4.79 Å². The molecule has 0 bridgehead atoms. The highest BCUT2D eigenvalue weighted by Gasteiger charge is 2.19. The third-order valence-corrected chi connectivity index (χ3v) is 3.79. The molecule has 4 heteroatoms. The highest BCUT2D eigenvalue weighted by molar-refractivity contribution is 6.31. The summed E-state index contributed by atoms with van der Waals surface area (Å²) in [6.07, 6.45) is 0.870. The Morgan fingerprint density at radius 1 is 1.00 bits per heavy atom. The molecule has 2 aromatic rings. The second kappa shape index (κ2) is 6.78. The molecule has 0 aromatic heterocycles. The monoisotopic (exact) mass is 308 g/mol. The van der Waals surface area contributed by atoms with E-state index < -0.39 is 11.9 Å². The Hall–Kier alpha value is -1.51. The minimum Gasteiger partial charge on any atom is -0.481 e. The molecule has 0 aliphatic rings.